The number of ether oxygens (including phenoxy) is 1. The highest BCUT2D eigenvalue weighted by atomic mass is 35.5. The molecule has 4 nitrogen and oxygen atoms in total. The van der Waals surface area contributed by atoms with Gasteiger partial charge in [0.05, 0.1) is 6.04 Å². The van der Waals surface area contributed by atoms with Crippen LogP contribution in [-0.4, -0.2) is 25.1 Å². The van der Waals surface area contributed by atoms with Crippen molar-refractivity contribution in [2.45, 2.75) is 31.9 Å². The Labute approximate surface area is 122 Å². The van der Waals surface area contributed by atoms with Crippen molar-refractivity contribution in [3.05, 3.63) is 24.3 Å². The normalized spacial score (nSPS) is 18.2. The van der Waals surface area contributed by atoms with Gasteiger partial charge in [-0.1, -0.05) is 12.5 Å². The average Bonchev–Trinajstić information content (AvgIpc) is 2.39. The Morgan fingerprint density at radius 3 is 2.85 bits per heavy atom. The van der Waals surface area contributed by atoms with E-state index in [1.807, 2.05) is 0 Å². The molecule has 2 rings (SSSR count). The van der Waals surface area contributed by atoms with Gasteiger partial charge in [0, 0.05) is 11.8 Å². The molecular formula is C13H17ClF2N2O2. The van der Waals surface area contributed by atoms with Gasteiger partial charge in [0.25, 0.3) is 0 Å². The third kappa shape index (κ3) is 4.94. The summed E-state index contributed by atoms with van der Waals surface area (Å²) in [6.07, 6.45) is 2.88. The molecule has 1 aromatic rings. The van der Waals surface area contributed by atoms with Gasteiger partial charge >= 0.3 is 6.61 Å². The number of hydrogen-bond donors (Lipinski definition) is 2. The number of alkyl halides is 2. The van der Waals surface area contributed by atoms with Crippen LogP contribution in [0.1, 0.15) is 19.3 Å². The molecule has 1 heterocycles. The molecule has 0 radical (unpaired) electrons. The van der Waals surface area contributed by atoms with Crippen LogP contribution in [0.15, 0.2) is 24.3 Å². The molecule has 1 aromatic carbocycles. The first kappa shape index (κ1) is 16.7. The van der Waals surface area contributed by atoms with Crippen molar-refractivity contribution in [3.63, 3.8) is 0 Å². The fraction of sp³-hybridized carbons (Fsp3) is 0.462. The summed E-state index contributed by atoms with van der Waals surface area (Å²) in [6.45, 7) is -2.04. The molecule has 0 aromatic heterocycles. The molecule has 20 heavy (non-hydrogen) atoms. The molecule has 0 saturated carbocycles. The largest absolute Gasteiger partial charge is 0.435 e. The number of anilines is 1. The number of rotatable bonds is 4. The average molecular weight is 307 g/mol. The topological polar surface area (TPSA) is 50.4 Å². The number of carbonyl (C=O) groups is 1. The van der Waals surface area contributed by atoms with Gasteiger partial charge in [0.15, 0.2) is 0 Å². The van der Waals surface area contributed by atoms with Gasteiger partial charge in [-0.2, -0.15) is 8.78 Å². The van der Waals surface area contributed by atoms with Crippen molar-refractivity contribution in [2.75, 3.05) is 11.9 Å². The lowest BCUT2D eigenvalue weighted by Crippen LogP contribution is -2.43. The summed E-state index contributed by atoms with van der Waals surface area (Å²) in [5.41, 5.74) is 0.454. The second-order valence-electron chi connectivity index (χ2n) is 4.40. The Morgan fingerprint density at radius 1 is 1.40 bits per heavy atom. The van der Waals surface area contributed by atoms with Crippen molar-refractivity contribution < 1.29 is 18.3 Å². The standard InChI is InChI=1S/C13H16F2N2O2.ClH/c14-13(15)19-10-5-3-4-9(8-10)17-12(18)11-6-1-2-7-16-11;/h3-5,8,11,13,16H,1-2,6-7H2,(H,17,18);1H. The fourth-order valence-electron chi connectivity index (χ4n) is 2.06. The Balaban J connectivity index is 0.00000200. The number of piperidine rings is 1. The van der Waals surface area contributed by atoms with E-state index in [1.165, 1.54) is 12.1 Å². The van der Waals surface area contributed by atoms with E-state index in [1.54, 1.807) is 12.1 Å². The minimum Gasteiger partial charge on any atom is -0.435 e. The zero-order valence-electron chi connectivity index (χ0n) is 10.8. The van der Waals surface area contributed by atoms with E-state index in [9.17, 15) is 13.6 Å². The number of amides is 1. The maximum atomic E-state index is 12.1. The SMILES string of the molecule is Cl.O=C(Nc1cccc(OC(F)F)c1)C1CCCCN1. The molecule has 112 valence electrons. The van der Waals surface area contributed by atoms with E-state index >= 15 is 0 Å². The maximum absolute atomic E-state index is 12.1. The summed E-state index contributed by atoms with van der Waals surface area (Å²) < 4.78 is 28.5. The molecule has 7 heteroatoms. The number of carbonyl (C=O) groups excluding carboxylic acids is 1. The minimum atomic E-state index is -2.87. The summed E-state index contributed by atoms with van der Waals surface area (Å²) in [4.78, 5) is 11.9. The quantitative estimate of drug-likeness (QED) is 0.899. The molecule has 2 N–H and O–H groups in total. The lowest BCUT2D eigenvalue weighted by atomic mass is 10.0. The lowest BCUT2D eigenvalue weighted by Gasteiger charge is -2.22. The monoisotopic (exact) mass is 306 g/mol. The summed E-state index contributed by atoms with van der Waals surface area (Å²) >= 11 is 0. The molecule has 1 aliphatic rings. The number of halogens is 3. The third-order valence-corrected chi connectivity index (χ3v) is 2.95. The van der Waals surface area contributed by atoms with Gasteiger partial charge in [-0.25, -0.2) is 0 Å². The predicted octanol–water partition coefficient (Wildman–Crippen LogP) is 2.79. The summed E-state index contributed by atoms with van der Waals surface area (Å²) in [5.74, 6) is -0.113. The first-order valence-corrected chi connectivity index (χ1v) is 6.24. The Hall–Kier alpha value is -1.40. The van der Waals surface area contributed by atoms with Gasteiger partial charge in [-0.05, 0) is 31.5 Å². The third-order valence-electron chi connectivity index (χ3n) is 2.95. The van der Waals surface area contributed by atoms with Crippen LogP contribution in [0, 0.1) is 0 Å². The van der Waals surface area contributed by atoms with Crippen molar-refractivity contribution in [2.24, 2.45) is 0 Å². The lowest BCUT2D eigenvalue weighted by molar-refractivity contribution is -0.118. The van der Waals surface area contributed by atoms with E-state index in [2.05, 4.69) is 15.4 Å². The Bertz CT molecular complexity index is 440. The highest BCUT2D eigenvalue weighted by molar-refractivity contribution is 5.95. The fourth-order valence-corrected chi connectivity index (χ4v) is 2.06. The summed E-state index contributed by atoms with van der Waals surface area (Å²) in [5, 5.41) is 5.82. The van der Waals surface area contributed by atoms with E-state index < -0.39 is 6.61 Å². The second kappa shape index (κ2) is 8.01. The van der Waals surface area contributed by atoms with E-state index in [0.717, 1.165) is 25.8 Å². The van der Waals surface area contributed by atoms with Crippen LogP contribution >= 0.6 is 12.4 Å². The summed E-state index contributed by atoms with van der Waals surface area (Å²) in [6, 6.07) is 5.78. The Kier molecular flexibility index (Phi) is 6.67. The van der Waals surface area contributed by atoms with E-state index in [4.69, 9.17) is 0 Å². The smallest absolute Gasteiger partial charge is 0.387 e. The van der Waals surface area contributed by atoms with E-state index in [0.29, 0.717) is 5.69 Å². The van der Waals surface area contributed by atoms with Crippen molar-refractivity contribution in [3.8, 4) is 5.75 Å². The first-order valence-electron chi connectivity index (χ1n) is 6.24. The van der Waals surface area contributed by atoms with Crippen LogP contribution in [0.3, 0.4) is 0 Å². The highest BCUT2D eigenvalue weighted by Crippen LogP contribution is 2.20. The van der Waals surface area contributed by atoms with Crippen molar-refractivity contribution in [1.82, 2.24) is 5.32 Å². The van der Waals surface area contributed by atoms with Crippen LogP contribution in [0.2, 0.25) is 0 Å². The molecular weight excluding hydrogens is 290 g/mol. The van der Waals surface area contributed by atoms with Crippen LogP contribution < -0.4 is 15.4 Å². The van der Waals surface area contributed by atoms with Gasteiger partial charge in [-0.15, -0.1) is 12.4 Å². The van der Waals surface area contributed by atoms with Gasteiger partial charge < -0.3 is 15.4 Å². The van der Waals surface area contributed by atoms with Crippen molar-refractivity contribution >= 4 is 24.0 Å². The number of nitrogens with one attached hydrogen (secondary N) is 2. The zero-order valence-corrected chi connectivity index (χ0v) is 11.6. The molecule has 1 saturated heterocycles. The van der Waals surface area contributed by atoms with Crippen LogP contribution in [-0.2, 0) is 4.79 Å². The van der Waals surface area contributed by atoms with Crippen LogP contribution in [0.5, 0.6) is 5.75 Å². The number of hydrogen-bond acceptors (Lipinski definition) is 3. The number of benzene rings is 1. The van der Waals surface area contributed by atoms with Crippen molar-refractivity contribution in [1.29, 1.82) is 0 Å². The van der Waals surface area contributed by atoms with Crippen LogP contribution in [0.4, 0.5) is 14.5 Å². The van der Waals surface area contributed by atoms with Crippen LogP contribution in [0.25, 0.3) is 0 Å². The highest BCUT2D eigenvalue weighted by Gasteiger charge is 2.20. The summed E-state index contributed by atoms with van der Waals surface area (Å²) in [7, 11) is 0. The second-order valence-corrected chi connectivity index (χ2v) is 4.40. The molecule has 1 fully saturated rings. The Morgan fingerprint density at radius 2 is 2.20 bits per heavy atom. The maximum Gasteiger partial charge on any atom is 0.387 e. The van der Waals surface area contributed by atoms with Gasteiger partial charge in [0.2, 0.25) is 5.91 Å². The van der Waals surface area contributed by atoms with E-state index in [-0.39, 0.29) is 30.1 Å². The van der Waals surface area contributed by atoms with Gasteiger partial charge in [0.1, 0.15) is 5.75 Å². The molecule has 1 unspecified atom stereocenters. The molecule has 1 atom stereocenters. The predicted molar refractivity (Wildman–Crippen MR) is 74.6 cm³/mol. The minimum absolute atomic E-state index is 0. The molecule has 0 aliphatic carbocycles. The molecule has 0 bridgehead atoms. The first-order chi connectivity index (χ1) is 9.15. The molecule has 1 aliphatic heterocycles. The zero-order chi connectivity index (χ0) is 13.7. The van der Waals surface area contributed by atoms with Gasteiger partial charge in [-0.3, -0.25) is 4.79 Å². The molecule has 0 spiro atoms. The molecule has 1 amide bonds.